The van der Waals surface area contributed by atoms with Crippen molar-refractivity contribution in [3.05, 3.63) is 70.5 Å². The number of ether oxygens (including phenoxy) is 1. The van der Waals surface area contributed by atoms with Gasteiger partial charge in [0.25, 0.3) is 11.8 Å². The molecule has 0 bridgehead atoms. The van der Waals surface area contributed by atoms with Gasteiger partial charge in [0.05, 0.1) is 5.02 Å². The first-order chi connectivity index (χ1) is 13.4. The summed E-state index contributed by atoms with van der Waals surface area (Å²) in [6.07, 6.45) is 2.49. The van der Waals surface area contributed by atoms with Crippen molar-refractivity contribution >= 4 is 41.1 Å². The van der Waals surface area contributed by atoms with Crippen molar-refractivity contribution in [3.63, 3.8) is 0 Å². The number of nitrogens with one attached hydrogen (secondary N) is 2. The Bertz CT molecular complexity index is 915. The summed E-state index contributed by atoms with van der Waals surface area (Å²) >= 11 is 5.65. The van der Waals surface area contributed by atoms with Gasteiger partial charge < -0.3 is 15.4 Å². The van der Waals surface area contributed by atoms with E-state index in [-0.39, 0.29) is 10.9 Å². The second-order valence-electron chi connectivity index (χ2n) is 5.60. The highest BCUT2D eigenvalue weighted by atomic mass is 35.5. The maximum Gasteiger partial charge on any atom is 0.331 e. The fourth-order valence-electron chi connectivity index (χ4n) is 2.16. The SMILES string of the molecule is CCNC(=O)c1cccc(NC(=O)COC(=O)/C=C/c2ccc(F)c(Cl)c2)c1. The van der Waals surface area contributed by atoms with Crippen molar-refractivity contribution in [1.82, 2.24) is 5.32 Å². The van der Waals surface area contributed by atoms with E-state index in [0.717, 1.165) is 6.08 Å². The largest absolute Gasteiger partial charge is 0.452 e. The lowest BCUT2D eigenvalue weighted by Crippen LogP contribution is -2.23. The normalized spacial score (nSPS) is 10.5. The van der Waals surface area contributed by atoms with Crippen LogP contribution in [0.15, 0.2) is 48.5 Å². The van der Waals surface area contributed by atoms with Crippen LogP contribution in [0.1, 0.15) is 22.8 Å². The van der Waals surface area contributed by atoms with Gasteiger partial charge in [-0.3, -0.25) is 9.59 Å². The summed E-state index contributed by atoms with van der Waals surface area (Å²) in [6.45, 7) is 1.79. The maximum atomic E-state index is 13.1. The molecule has 8 heteroatoms. The van der Waals surface area contributed by atoms with Crippen LogP contribution in [0, 0.1) is 5.82 Å². The average molecular weight is 405 g/mol. The number of amides is 2. The Morgan fingerprint density at radius 2 is 1.96 bits per heavy atom. The highest BCUT2D eigenvalue weighted by Gasteiger charge is 2.09. The maximum absolute atomic E-state index is 13.1. The number of hydrogen-bond donors (Lipinski definition) is 2. The molecule has 0 aliphatic rings. The second kappa shape index (κ2) is 10.2. The van der Waals surface area contributed by atoms with Crippen LogP contribution in [0.4, 0.5) is 10.1 Å². The fourth-order valence-corrected chi connectivity index (χ4v) is 2.35. The molecule has 2 N–H and O–H groups in total. The van der Waals surface area contributed by atoms with Crippen LogP contribution in [0.2, 0.25) is 5.02 Å². The van der Waals surface area contributed by atoms with Gasteiger partial charge in [-0.05, 0) is 48.9 Å². The fraction of sp³-hybridized carbons (Fsp3) is 0.150. The molecule has 2 amide bonds. The molecule has 0 saturated heterocycles. The van der Waals surface area contributed by atoms with Gasteiger partial charge >= 0.3 is 5.97 Å². The highest BCUT2D eigenvalue weighted by Crippen LogP contribution is 2.17. The topological polar surface area (TPSA) is 84.5 Å². The molecule has 0 unspecified atom stereocenters. The first-order valence-electron chi connectivity index (χ1n) is 8.37. The molecule has 0 saturated carbocycles. The van der Waals surface area contributed by atoms with Crippen LogP contribution in [-0.2, 0) is 14.3 Å². The monoisotopic (exact) mass is 404 g/mol. The number of hydrogen-bond acceptors (Lipinski definition) is 4. The number of carbonyl (C=O) groups excluding carboxylic acids is 3. The quantitative estimate of drug-likeness (QED) is 0.547. The summed E-state index contributed by atoms with van der Waals surface area (Å²) in [7, 11) is 0. The second-order valence-corrected chi connectivity index (χ2v) is 6.01. The van der Waals surface area contributed by atoms with E-state index < -0.39 is 24.3 Å². The third kappa shape index (κ3) is 6.51. The van der Waals surface area contributed by atoms with Gasteiger partial charge in [-0.25, -0.2) is 9.18 Å². The molecule has 2 aromatic rings. The Balaban J connectivity index is 1.85. The zero-order chi connectivity index (χ0) is 20.5. The third-order valence-corrected chi connectivity index (χ3v) is 3.74. The van der Waals surface area contributed by atoms with E-state index in [1.165, 1.54) is 30.3 Å². The minimum Gasteiger partial charge on any atom is -0.452 e. The van der Waals surface area contributed by atoms with Crippen LogP contribution >= 0.6 is 11.6 Å². The van der Waals surface area contributed by atoms with Crippen LogP contribution in [0.3, 0.4) is 0 Å². The minimum atomic E-state index is -0.744. The van der Waals surface area contributed by atoms with Crippen molar-refractivity contribution in [3.8, 4) is 0 Å². The van der Waals surface area contributed by atoms with Gasteiger partial charge in [0.1, 0.15) is 5.82 Å². The van der Waals surface area contributed by atoms with Crippen LogP contribution in [0.5, 0.6) is 0 Å². The Morgan fingerprint density at radius 3 is 2.68 bits per heavy atom. The van der Waals surface area contributed by atoms with Gasteiger partial charge in [0.15, 0.2) is 6.61 Å². The van der Waals surface area contributed by atoms with E-state index in [9.17, 15) is 18.8 Å². The van der Waals surface area contributed by atoms with E-state index in [1.54, 1.807) is 25.1 Å². The number of halogens is 2. The van der Waals surface area contributed by atoms with Crippen molar-refractivity contribution in [2.45, 2.75) is 6.92 Å². The molecule has 0 aliphatic carbocycles. The van der Waals surface area contributed by atoms with E-state index in [0.29, 0.717) is 23.4 Å². The van der Waals surface area contributed by atoms with Gasteiger partial charge in [0, 0.05) is 23.9 Å². The number of anilines is 1. The van der Waals surface area contributed by atoms with Gasteiger partial charge in [-0.1, -0.05) is 23.7 Å². The van der Waals surface area contributed by atoms with Crippen molar-refractivity contribution in [2.75, 3.05) is 18.5 Å². The van der Waals surface area contributed by atoms with E-state index in [2.05, 4.69) is 10.6 Å². The molecule has 2 aromatic carbocycles. The van der Waals surface area contributed by atoms with Gasteiger partial charge in [0.2, 0.25) is 0 Å². The molecular formula is C20H18ClFN2O4. The summed E-state index contributed by atoms with van der Waals surface area (Å²) < 4.78 is 17.9. The number of esters is 1. The van der Waals surface area contributed by atoms with E-state index >= 15 is 0 Å². The Labute approximate surface area is 166 Å². The Hall–Kier alpha value is -3.19. The zero-order valence-electron chi connectivity index (χ0n) is 15.0. The molecule has 0 fully saturated rings. The molecule has 28 heavy (non-hydrogen) atoms. The van der Waals surface area contributed by atoms with Crippen molar-refractivity contribution in [1.29, 1.82) is 0 Å². The zero-order valence-corrected chi connectivity index (χ0v) is 15.8. The number of rotatable bonds is 7. The molecule has 0 radical (unpaired) electrons. The molecular weight excluding hydrogens is 387 g/mol. The Morgan fingerprint density at radius 1 is 1.18 bits per heavy atom. The molecule has 0 heterocycles. The summed E-state index contributed by atoms with van der Waals surface area (Å²) in [6, 6.07) is 10.4. The third-order valence-electron chi connectivity index (χ3n) is 3.45. The molecule has 0 aliphatic heterocycles. The average Bonchev–Trinajstić information content (AvgIpc) is 2.67. The summed E-state index contributed by atoms with van der Waals surface area (Å²) in [5.41, 5.74) is 1.31. The molecule has 146 valence electrons. The molecule has 2 rings (SSSR count). The number of carbonyl (C=O) groups is 3. The van der Waals surface area contributed by atoms with Crippen LogP contribution in [-0.4, -0.2) is 30.9 Å². The van der Waals surface area contributed by atoms with E-state index in [4.69, 9.17) is 16.3 Å². The minimum absolute atomic E-state index is 0.0651. The molecule has 0 aromatic heterocycles. The lowest BCUT2D eigenvalue weighted by molar-refractivity contribution is -0.142. The summed E-state index contributed by atoms with van der Waals surface area (Å²) in [5.74, 6) is -2.11. The predicted molar refractivity (Wildman–Crippen MR) is 104 cm³/mol. The van der Waals surface area contributed by atoms with Crippen LogP contribution < -0.4 is 10.6 Å². The lowest BCUT2D eigenvalue weighted by Gasteiger charge is -2.07. The summed E-state index contributed by atoms with van der Waals surface area (Å²) in [4.78, 5) is 35.4. The highest BCUT2D eigenvalue weighted by molar-refractivity contribution is 6.30. The Kier molecular flexibility index (Phi) is 7.71. The summed E-state index contributed by atoms with van der Waals surface area (Å²) in [5, 5.41) is 5.14. The van der Waals surface area contributed by atoms with Crippen molar-refractivity contribution in [2.24, 2.45) is 0 Å². The molecule has 0 spiro atoms. The predicted octanol–water partition coefficient (Wildman–Crippen LogP) is 3.42. The molecule has 0 atom stereocenters. The first-order valence-corrected chi connectivity index (χ1v) is 8.75. The lowest BCUT2D eigenvalue weighted by atomic mass is 10.2. The van der Waals surface area contributed by atoms with E-state index in [1.807, 2.05) is 0 Å². The molecule has 6 nitrogen and oxygen atoms in total. The van der Waals surface area contributed by atoms with Gasteiger partial charge in [-0.15, -0.1) is 0 Å². The standard InChI is InChI=1S/C20H18ClFN2O4/c1-2-23-20(27)14-4-3-5-15(11-14)24-18(25)12-28-19(26)9-7-13-6-8-17(22)16(21)10-13/h3-11H,2,12H2,1H3,(H,23,27)(H,24,25)/b9-7+. The first kappa shape index (κ1) is 21.1. The number of benzene rings is 2. The van der Waals surface area contributed by atoms with Crippen LogP contribution in [0.25, 0.3) is 6.08 Å². The van der Waals surface area contributed by atoms with Gasteiger partial charge in [-0.2, -0.15) is 0 Å². The van der Waals surface area contributed by atoms with Crippen molar-refractivity contribution < 1.29 is 23.5 Å². The smallest absolute Gasteiger partial charge is 0.331 e.